The number of carbonyl (C=O) groups is 2. The Bertz CT molecular complexity index is 750. The molecule has 0 unspecified atom stereocenters. The van der Waals surface area contributed by atoms with Gasteiger partial charge in [0.2, 0.25) is 0 Å². The summed E-state index contributed by atoms with van der Waals surface area (Å²) in [5.41, 5.74) is 3.96. The van der Waals surface area contributed by atoms with E-state index in [1.807, 2.05) is 20.9 Å². The molecule has 2 aromatic rings. The van der Waals surface area contributed by atoms with Crippen molar-refractivity contribution in [1.82, 2.24) is 19.9 Å². The SMILES string of the molecule is NNC(=O)c1ncn2c1[C@@H]1CCCN1C(=O)c1sccc1-2. The van der Waals surface area contributed by atoms with Crippen LogP contribution in [-0.4, -0.2) is 32.8 Å². The molecule has 7 nitrogen and oxygen atoms in total. The highest BCUT2D eigenvalue weighted by Crippen LogP contribution is 2.40. The molecule has 0 saturated carbocycles. The van der Waals surface area contributed by atoms with E-state index in [1.54, 1.807) is 6.33 Å². The number of hydrogen-bond acceptors (Lipinski definition) is 5. The second-order valence-corrected chi connectivity index (χ2v) is 6.03. The number of nitrogens with two attached hydrogens (primary N) is 1. The van der Waals surface area contributed by atoms with Crippen LogP contribution in [0.2, 0.25) is 0 Å². The first-order valence-electron chi connectivity index (χ1n) is 6.69. The number of thiophene rings is 1. The van der Waals surface area contributed by atoms with Crippen molar-refractivity contribution in [3.05, 3.63) is 34.0 Å². The van der Waals surface area contributed by atoms with Gasteiger partial charge in [0.05, 0.1) is 17.4 Å². The third-order valence-corrected chi connectivity index (χ3v) is 4.97. The highest BCUT2D eigenvalue weighted by Gasteiger charge is 2.40. The smallest absolute Gasteiger partial charge is 0.285 e. The van der Waals surface area contributed by atoms with Crippen molar-refractivity contribution < 1.29 is 9.59 Å². The van der Waals surface area contributed by atoms with Crippen molar-refractivity contribution in [1.29, 1.82) is 0 Å². The van der Waals surface area contributed by atoms with Gasteiger partial charge in [0.25, 0.3) is 11.8 Å². The number of fused-ring (bicyclic) bond motifs is 5. The topological polar surface area (TPSA) is 93.2 Å². The fourth-order valence-electron chi connectivity index (χ4n) is 3.19. The van der Waals surface area contributed by atoms with Crippen LogP contribution in [0.15, 0.2) is 17.8 Å². The summed E-state index contributed by atoms with van der Waals surface area (Å²) in [5, 5.41) is 1.88. The Morgan fingerprint density at radius 1 is 1.52 bits per heavy atom. The fraction of sp³-hybridized carbons (Fsp3) is 0.308. The minimum atomic E-state index is -0.429. The second kappa shape index (κ2) is 4.40. The predicted molar refractivity (Wildman–Crippen MR) is 76.1 cm³/mol. The van der Waals surface area contributed by atoms with Gasteiger partial charge in [-0.05, 0) is 24.3 Å². The Hall–Kier alpha value is -2.19. The van der Waals surface area contributed by atoms with Crippen molar-refractivity contribution in [3.63, 3.8) is 0 Å². The molecule has 108 valence electrons. The molecule has 2 aliphatic rings. The van der Waals surface area contributed by atoms with Crippen LogP contribution in [0.4, 0.5) is 0 Å². The summed E-state index contributed by atoms with van der Waals surface area (Å²) in [6.07, 6.45) is 3.35. The molecule has 0 aromatic carbocycles. The van der Waals surface area contributed by atoms with E-state index in [2.05, 4.69) is 10.4 Å². The number of aromatic nitrogens is 2. The minimum Gasteiger partial charge on any atom is -0.329 e. The van der Waals surface area contributed by atoms with Gasteiger partial charge in [-0.25, -0.2) is 10.8 Å². The van der Waals surface area contributed by atoms with Gasteiger partial charge in [-0.3, -0.25) is 19.6 Å². The van der Waals surface area contributed by atoms with E-state index in [-0.39, 0.29) is 11.9 Å². The number of nitrogens with one attached hydrogen (secondary N) is 1. The zero-order chi connectivity index (χ0) is 14.6. The summed E-state index contributed by atoms with van der Waals surface area (Å²) < 4.78 is 1.85. The van der Waals surface area contributed by atoms with E-state index in [0.29, 0.717) is 17.1 Å². The molecule has 3 N–H and O–H groups in total. The summed E-state index contributed by atoms with van der Waals surface area (Å²) in [5.74, 6) is 4.85. The van der Waals surface area contributed by atoms with E-state index in [4.69, 9.17) is 5.84 Å². The van der Waals surface area contributed by atoms with E-state index in [0.717, 1.165) is 24.2 Å². The first-order valence-corrected chi connectivity index (χ1v) is 7.57. The predicted octanol–water partition coefficient (Wildman–Crippen LogP) is 0.828. The van der Waals surface area contributed by atoms with Gasteiger partial charge in [0, 0.05) is 6.54 Å². The van der Waals surface area contributed by atoms with Gasteiger partial charge in [0.15, 0.2) is 5.69 Å². The maximum atomic E-state index is 12.7. The van der Waals surface area contributed by atoms with Crippen LogP contribution in [-0.2, 0) is 0 Å². The van der Waals surface area contributed by atoms with E-state index < -0.39 is 5.91 Å². The highest BCUT2D eigenvalue weighted by molar-refractivity contribution is 7.12. The van der Waals surface area contributed by atoms with Crippen LogP contribution in [0, 0.1) is 0 Å². The number of amides is 2. The number of nitrogens with zero attached hydrogens (tertiary/aromatic N) is 3. The van der Waals surface area contributed by atoms with Crippen LogP contribution in [0.5, 0.6) is 0 Å². The van der Waals surface area contributed by atoms with Crippen molar-refractivity contribution in [3.8, 4) is 5.69 Å². The molecule has 2 amide bonds. The summed E-state index contributed by atoms with van der Waals surface area (Å²) in [6, 6.07) is 1.77. The number of rotatable bonds is 1. The number of carbonyl (C=O) groups excluding carboxylic acids is 2. The molecule has 8 heteroatoms. The van der Waals surface area contributed by atoms with Crippen molar-refractivity contribution in [2.75, 3.05) is 6.54 Å². The lowest BCUT2D eigenvalue weighted by atomic mass is 10.1. The third-order valence-electron chi connectivity index (χ3n) is 4.08. The molecule has 4 heterocycles. The molecule has 2 aromatic heterocycles. The Labute approximate surface area is 124 Å². The summed E-state index contributed by atoms with van der Waals surface area (Å²) in [4.78, 5) is 31.4. The molecule has 0 spiro atoms. The Morgan fingerprint density at radius 2 is 2.38 bits per heavy atom. The van der Waals surface area contributed by atoms with Gasteiger partial charge < -0.3 is 4.90 Å². The molecule has 1 fully saturated rings. The average molecular weight is 303 g/mol. The first kappa shape index (κ1) is 12.5. The lowest BCUT2D eigenvalue weighted by molar-refractivity contribution is 0.0739. The van der Waals surface area contributed by atoms with Gasteiger partial charge in [-0.15, -0.1) is 11.3 Å². The molecule has 4 rings (SSSR count). The van der Waals surface area contributed by atoms with Crippen LogP contribution in [0.3, 0.4) is 0 Å². The zero-order valence-electron chi connectivity index (χ0n) is 11.1. The van der Waals surface area contributed by atoms with Crippen molar-refractivity contribution in [2.24, 2.45) is 5.84 Å². The molecule has 2 aliphatic heterocycles. The summed E-state index contributed by atoms with van der Waals surface area (Å²) >= 11 is 1.42. The zero-order valence-corrected chi connectivity index (χ0v) is 11.9. The van der Waals surface area contributed by atoms with E-state index >= 15 is 0 Å². The van der Waals surface area contributed by atoms with Crippen LogP contribution >= 0.6 is 11.3 Å². The largest absolute Gasteiger partial charge is 0.329 e. The quantitative estimate of drug-likeness (QED) is 0.463. The van der Waals surface area contributed by atoms with Crippen LogP contribution in [0.1, 0.15) is 44.7 Å². The summed E-state index contributed by atoms with van der Waals surface area (Å²) in [7, 11) is 0. The molecular formula is C13H13N5O2S. The molecule has 0 radical (unpaired) electrons. The maximum Gasteiger partial charge on any atom is 0.285 e. The minimum absolute atomic E-state index is 0.0327. The monoisotopic (exact) mass is 303 g/mol. The molecule has 21 heavy (non-hydrogen) atoms. The summed E-state index contributed by atoms with van der Waals surface area (Å²) in [6.45, 7) is 0.704. The Balaban J connectivity index is 2.00. The third kappa shape index (κ3) is 1.60. The van der Waals surface area contributed by atoms with Crippen molar-refractivity contribution in [2.45, 2.75) is 18.9 Å². The molecule has 0 bridgehead atoms. The second-order valence-electron chi connectivity index (χ2n) is 5.11. The van der Waals surface area contributed by atoms with Crippen LogP contribution < -0.4 is 11.3 Å². The van der Waals surface area contributed by atoms with Crippen LogP contribution in [0.25, 0.3) is 5.69 Å². The van der Waals surface area contributed by atoms with E-state index in [9.17, 15) is 9.59 Å². The number of imidazole rings is 1. The standard InChI is InChI=1S/C13H13N5O2S/c14-16-12(19)9-10-7-2-1-4-17(7)13(20)11-8(3-5-21-11)18(10)6-15-9/h3,5-7H,1-2,4,14H2,(H,16,19)/t7-/m0/s1. The van der Waals surface area contributed by atoms with Gasteiger partial charge >= 0.3 is 0 Å². The molecule has 1 saturated heterocycles. The first-order chi connectivity index (χ1) is 10.2. The fourth-order valence-corrected chi connectivity index (χ4v) is 4.03. The lowest BCUT2D eigenvalue weighted by Crippen LogP contribution is -2.33. The maximum absolute atomic E-state index is 12.7. The number of hydrazine groups is 1. The molecule has 0 aliphatic carbocycles. The lowest BCUT2D eigenvalue weighted by Gasteiger charge is -2.22. The van der Waals surface area contributed by atoms with E-state index in [1.165, 1.54) is 11.3 Å². The van der Waals surface area contributed by atoms with Gasteiger partial charge in [-0.1, -0.05) is 0 Å². The molecular weight excluding hydrogens is 290 g/mol. The normalized spacial score (nSPS) is 19.8. The van der Waals surface area contributed by atoms with Gasteiger partial charge in [0.1, 0.15) is 11.2 Å². The Kier molecular flexibility index (Phi) is 2.63. The van der Waals surface area contributed by atoms with Gasteiger partial charge in [-0.2, -0.15) is 0 Å². The highest BCUT2D eigenvalue weighted by atomic mass is 32.1. The van der Waals surface area contributed by atoms with Crippen molar-refractivity contribution >= 4 is 23.2 Å². The Morgan fingerprint density at radius 3 is 3.19 bits per heavy atom. The molecule has 1 atom stereocenters. The average Bonchev–Trinajstić information content (AvgIpc) is 3.20. The number of hydrogen-bond donors (Lipinski definition) is 2. The number of nitrogen functional groups attached to an aromatic ring is 1.